The van der Waals surface area contributed by atoms with E-state index in [0.717, 1.165) is 79.0 Å². The van der Waals surface area contributed by atoms with Crippen LogP contribution >= 0.6 is 0 Å². The lowest BCUT2D eigenvalue weighted by molar-refractivity contribution is -0.104. The van der Waals surface area contributed by atoms with Crippen LogP contribution < -0.4 is 14.5 Å². The molecule has 0 saturated carbocycles. The lowest BCUT2D eigenvalue weighted by Gasteiger charge is -2.38. The quantitative estimate of drug-likeness (QED) is 0.306. The third-order valence-electron chi connectivity index (χ3n) is 6.79. The lowest BCUT2D eigenvalue weighted by Crippen LogP contribution is -2.45. The molecule has 3 N–H and O–H groups in total. The summed E-state index contributed by atoms with van der Waals surface area (Å²) in [7, 11) is 0. The summed E-state index contributed by atoms with van der Waals surface area (Å²) in [5.74, 6) is 1.03. The third-order valence-corrected chi connectivity index (χ3v) is 6.79. The van der Waals surface area contributed by atoms with Crippen molar-refractivity contribution in [3.8, 4) is 11.8 Å². The number of rotatable bonds is 8. The van der Waals surface area contributed by atoms with Crippen molar-refractivity contribution in [2.24, 2.45) is 0 Å². The predicted octanol–water partition coefficient (Wildman–Crippen LogP) is 1.46. The lowest BCUT2D eigenvalue weighted by atomic mass is 10.0. The Balaban J connectivity index is 1.46. The molecule has 0 radical (unpaired) electrons. The first-order valence-corrected chi connectivity index (χ1v) is 12.4. The van der Waals surface area contributed by atoms with E-state index in [1.807, 2.05) is 30.5 Å². The number of phenols is 1. The number of phenolic OH excluding ortho intramolecular Hbond substituents is 1. The Kier molecular flexibility index (Phi) is 7.38. The Bertz CT molecular complexity index is 1290. The zero-order valence-corrected chi connectivity index (χ0v) is 20.5. The molecule has 0 aliphatic carbocycles. The molecule has 2 aliphatic rings. The van der Waals surface area contributed by atoms with Gasteiger partial charge in [-0.2, -0.15) is 9.97 Å². The highest BCUT2D eigenvalue weighted by atomic mass is 16.5. The zero-order valence-electron chi connectivity index (χ0n) is 20.5. The van der Waals surface area contributed by atoms with Gasteiger partial charge in [0.15, 0.2) is 0 Å². The minimum Gasteiger partial charge on any atom is -0.508 e. The highest BCUT2D eigenvalue weighted by Crippen LogP contribution is 2.36. The van der Waals surface area contributed by atoms with Gasteiger partial charge in [-0.3, -0.25) is 4.79 Å². The number of benzene rings is 2. The molecule has 1 fully saturated rings. The van der Waals surface area contributed by atoms with Crippen molar-refractivity contribution in [2.45, 2.75) is 19.1 Å². The normalized spacial score (nSPS) is 16.8. The van der Waals surface area contributed by atoms with Crippen LogP contribution in [0.25, 0.3) is 10.8 Å². The van der Waals surface area contributed by atoms with E-state index in [1.165, 1.54) is 6.08 Å². The first-order valence-electron chi connectivity index (χ1n) is 12.4. The molecule has 0 spiro atoms. The maximum absolute atomic E-state index is 10.7. The first-order chi connectivity index (χ1) is 18.1. The molecule has 10 nitrogen and oxygen atoms in total. The van der Waals surface area contributed by atoms with Gasteiger partial charge in [-0.25, -0.2) is 0 Å². The molecule has 3 heterocycles. The van der Waals surface area contributed by atoms with Crippen molar-refractivity contribution in [1.82, 2.24) is 14.9 Å². The fourth-order valence-electron chi connectivity index (χ4n) is 4.92. The minimum absolute atomic E-state index is 0.111. The van der Waals surface area contributed by atoms with Gasteiger partial charge < -0.3 is 34.8 Å². The van der Waals surface area contributed by atoms with Gasteiger partial charge in [-0.1, -0.05) is 24.3 Å². The number of aromatic hydroxyl groups is 1. The molecule has 0 bridgehead atoms. The molecule has 0 amide bonds. The Labute approximate surface area is 215 Å². The van der Waals surface area contributed by atoms with Crippen molar-refractivity contribution in [3.05, 3.63) is 59.9 Å². The molecular weight excluding hydrogens is 474 g/mol. The van der Waals surface area contributed by atoms with E-state index >= 15 is 0 Å². The number of carbonyl (C=O) groups excluding carboxylic acids is 1. The molecule has 5 rings (SSSR count). The Morgan fingerprint density at radius 3 is 2.65 bits per heavy atom. The second kappa shape index (κ2) is 11.0. The van der Waals surface area contributed by atoms with E-state index < -0.39 is 12.7 Å². The van der Waals surface area contributed by atoms with Crippen LogP contribution in [0, 0.1) is 0 Å². The predicted molar refractivity (Wildman–Crippen MR) is 140 cm³/mol. The molecule has 1 atom stereocenters. The van der Waals surface area contributed by atoms with Crippen molar-refractivity contribution in [1.29, 1.82) is 0 Å². The number of hydrogen-bond donors (Lipinski definition) is 3. The largest absolute Gasteiger partial charge is 0.508 e. The maximum atomic E-state index is 10.7. The summed E-state index contributed by atoms with van der Waals surface area (Å²) < 4.78 is 5.68. The average Bonchev–Trinajstić information content (AvgIpc) is 2.93. The number of anilines is 2. The van der Waals surface area contributed by atoms with Gasteiger partial charge in [-0.15, -0.1) is 0 Å². The van der Waals surface area contributed by atoms with Gasteiger partial charge in [0.2, 0.25) is 0 Å². The number of ether oxygens (including phenoxy) is 1. The van der Waals surface area contributed by atoms with Crippen LogP contribution in [0.2, 0.25) is 0 Å². The van der Waals surface area contributed by atoms with Gasteiger partial charge in [0.05, 0.1) is 18.8 Å². The summed E-state index contributed by atoms with van der Waals surface area (Å²) >= 11 is 0. The van der Waals surface area contributed by atoms with E-state index in [4.69, 9.17) is 14.7 Å². The Morgan fingerprint density at radius 2 is 1.86 bits per heavy atom. The monoisotopic (exact) mass is 505 g/mol. The number of allylic oxidation sites excluding steroid dienone is 1. The topological polar surface area (TPSA) is 122 Å². The third kappa shape index (κ3) is 5.45. The van der Waals surface area contributed by atoms with Crippen LogP contribution in [-0.2, 0) is 17.8 Å². The molecule has 2 aliphatic heterocycles. The molecule has 10 heteroatoms. The minimum atomic E-state index is -1.02. The van der Waals surface area contributed by atoms with E-state index in [0.29, 0.717) is 6.54 Å². The van der Waals surface area contributed by atoms with Crippen LogP contribution in [-0.4, -0.2) is 88.5 Å². The molecule has 3 aromatic rings. The summed E-state index contributed by atoms with van der Waals surface area (Å²) in [5, 5.41) is 31.4. The average molecular weight is 506 g/mol. The maximum Gasteiger partial charge on any atom is 0.318 e. The SMILES string of the molecule is O=CC=CN1CCN(c2nc(OC[C@@H](O)CO)nc3c2CCN(c2cc(O)cc4ccccc24)C3)CC1. The fraction of sp³-hybridized carbons (Fsp3) is 0.370. The number of aliphatic hydroxyl groups excluding tert-OH is 2. The smallest absolute Gasteiger partial charge is 0.318 e. The van der Waals surface area contributed by atoms with E-state index in [1.54, 1.807) is 12.1 Å². The van der Waals surface area contributed by atoms with Gasteiger partial charge in [-0.05, 0) is 23.9 Å². The number of piperazine rings is 1. The number of nitrogens with zero attached hydrogens (tertiary/aromatic N) is 5. The molecule has 1 aromatic heterocycles. The standard InChI is InChI=1S/C27H31N5O5/c33-13-3-7-30-9-11-31(12-10-30)26-23-6-8-32(16-24(23)28-27(29-26)37-18-21(36)17-34)25-15-20(35)14-19-4-1-2-5-22(19)25/h1-5,7,13-15,21,34-36H,6,8-12,16-18H2/t21-/m0/s1. The molecule has 0 unspecified atom stereocenters. The number of aliphatic hydroxyl groups is 2. The van der Waals surface area contributed by atoms with Crippen molar-refractivity contribution in [3.63, 3.8) is 0 Å². The summed E-state index contributed by atoms with van der Waals surface area (Å²) in [6.45, 7) is 3.69. The van der Waals surface area contributed by atoms with E-state index in [9.17, 15) is 20.1 Å². The van der Waals surface area contributed by atoms with E-state index in [2.05, 4.69) is 14.7 Å². The molecule has 194 valence electrons. The number of fused-ring (bicyclic) bond motifs is 2. The first kappa shape index (κ1) is 24.8. The van der Waals surface area contributed by atoms with Gasteiger partial charge >= 0.3 is 6.01 Å². The van der Waals surface area contributed by atoms with Crippen LogP contribution in [0.15, 0.2) is 48.7 Å². The van der Waals surface area contributed by atoms with Crippen molar-refractivity contribution >= 4 is 28.6 Å². The summed E-state index contributed by atoms with van der Waals surface area (Å²) in [5.41, 5.74) is 2.84. The highest BCUT2D eigenvalue weighted by Gasteiger charge is 2.28. The second-order valence-electron chi connectivity index (χ2n) is 9.26. The summed E-state index contributed by atoms with van der Waals surface area (Å²) in [6, 6.07) is 11.7. The van der Waals surface area contributed by atoms with Crippen LogP contribution in [0.5, 0.6) is 11.8 Å². The Morgan fingerprint density at radius 1 is 1.05 bits per heavy atom. The summed E-state index contributed by atoms with van der Waals surface area (Å²) in [6.07, 6.45) is 3.78. The fourth-order valence-corrected chi connectivity index (χ4v) is 4.92. The number of hydrogen-bond acceptors (Lipinski definition) is 10. The van der Waals surface area contributed by atoms with E-state index in [-0.39, 0.29) is 18.4 Å². The van der Waals surface area contributed by atoms with Gasteiger partial charge in [0.25, 0.3) is 0 Å². The molecule has 2 aromatic carbocycles. The zero-order chi connectivity index (χ0) is 25.8. The number of carbonyl (C=O) groups is 1. The number of aromatic nitrogens is 2. The van der Waals surface area contributed by atoms with Gasteiger partial charge in [0, 0.05) is 61.6 Å². The van der Waals surface area contributed by atoms with Crippen LogP contribution in [0.3, 0.4) is 0 Å². The highest BCUT2D eigenvalue weighted by molar-refractivity contribution is 5.95. The van der Waals surface area contributed by atoms with Gasteiger partial charge in [0.1, 0.15) is 30.6 Å². The van der Waals surface area contributed by atoms with Crippen LogP contribution in [0.1, 0.15) is 11.3 Å². The van der Waals surface area contributed by atoms with Crippen molar-refractivity contribution < 1.29 is 24.9 Å². The molecule has 1 saturated heterocycles. The number of aldehydes is 1. The second-order valence-corrected chi connectivity index (χ2v) is 9.26. The molecule has 37 heavy (non-hydrogen) atoms. The van der Waals surface area contributed by atoms with Crippen LogP contribution in [0.4, 0.5) is 11.5 Å². The van der Waals surface area contributed by atoms with Crippen molar-refractivity contribution in [2.75, 3.05) is 55.7 Å². The Hall–Kier alpha value is -3.89. The molecular formula is C27H31N5O5. The summed E-state index contributed by atoms with van der Waals surface area (Å²) in [4.78, 5) is 26.6.